The summed E-state index contributed by atoms with van der Waals surface area (Å²) in [5, 5.41) is -0.0365. The van der Waals surface area contributed by atoms with Gasteiger partial charge in [-0.15, -0.1) is 0 Å². The van der Waals surface area contributed by atoms with Crippen molar-refractivity contribution >= 4 is 37.6 Å². The monoisotopic (exact) mass is 368 g/mol. The zero-order valence-corrected chi connectivity index (χ0v) is 13.4. The van der Waals surface area contributed by atoms with Gasteiger partial charge in [0.25, 0.3) is 0 Å². The van der Waals surface area contributed by atoms with E-state index in [4.69, 9.17) is 16.3 Å². The molecule has 8 heteroatoms. The first-order chi connectivity index (χ1) is 8.90. The van der Waals surface area contributed by atoms with Gasteiger partial charge < -0.3 is 4.74 Å². The first kappa shape index (κ1) is 15.2. The van der Waals surface area contributed by atoms with Crippen LogP contribution in [0.4, 0.5) is 0 Å². The summed E-state index contributed by atoms with van der Waals surface area (Å²) in [7, 11) is -3.68. The fourth-order valence-corrected chi connectivity index (χ4v) is 4.20. The second kappa shape index (κ2) is 6.05. The van der Waals surface area contributed by atoms with Crippen LogP contribution in [0.3, 0.4) is 0 Å². The van der Waals surface area contributed by atoms with Crippen molar-refractivity contribution in [1.29, 1.82) is 0 Å². The molecule has 1 aromatic rings. The van der Waals surface area contributed by atoms with Crippen molar-refractivity contribution in [2.45, 2.75) is 24.3 Å². The smallest absolute Gasteiger partial charge is 0.243 e. The van der Waals surface area contributed by atoms with Gasteiger partial charge in [0, 0.05) is 29.2 Å². The molecule has 2 heterocycles. The Kier molecular flexibility index (Phi) is 4.84. The first-order valence-corrected chi connectivity index (χ1v) is 8.46. The lowest BCUT2D eigenvalue weighted by molar-refractivity contribution is 0.180. The predicted octanol–water partition coefficient (Wildman–Crippen LogP) is 2.20. The molecule has 1 aliphatic heterocycles. The second-order valence-electron chi connectivity index (χ2n) is 4.48. The molecule has 0 bridgehead atoms. The van der Waals surface area contributed by atoms with E-state index in [9.17, 15) is 8.42 Å². The van der Waals surface area contributed by atoms with Crippen LogP contribution in [-0.4, -0.2) is 32.7 Å². The van der Waals surface area contributed by atoms with Crippen LogP contribution in [0, 0.1) is 5.92 Å². The summed E-state index contributed by atoms with van der Waals surface area (Å²) in [6.07, 6.45) is 2.31. The lowest BCUT2D eigenvalue weighted by atomic mass is 10.0. The minimum atomic E-state index is -3.68. The predicted molar refractivity (Wildman–Crippen MR) is 75.7 cm³/mol. The fraction of sp³-hybridized carbons (Fsp3) is 0.545. The zero-order valence-electron chi connectivity index (χ0n) is 10.3. The molecule has 19 heavy (non-hydrogen) atoms. The molecular weight excluding hydrogens is 356 g/mol. The first-order valence-electron chi connectivity index (χ1n) is 5.81. The Morgan fingerprint density at radius 2 is 2.37 bits per heavy atom. The van der Waals surface area contributed by atoms with Crippen molar-refractivity contribution in [3.05, 3.63) is 21.9 Å². The third-order valence-corrected chi connectivity index (χ3v) is 5.50. The molecule has 106 valence electrons. The number of aromatic nitrogens is 1. The lowest BCUT2D eigenvalue weighted by Gasteiger charge is -2.19. The molecule has 1 aliphatic rings. The second-order valence-corrected chi connectivity index (χ2v) is 7.43. The molecule has 1 fully saturated rings. The summed E-state index contributed by atoms with van der Waals surface area (Å²) in [4.78, 5) is 3.81. The van der Waals surface area contributed by atoms with Crippen LogP contribution in [0.1, 0.15) is 13.3 Å². The largest absolute Gasteiger partial charge is 0.381 e. The van der Waals surface area contributed by atoms with Gasteiger partial charge >= 0.3 is 0 Å². The lowest BCUT2D eigenvalue weighted by Crippen LogP contribution is -2.38. The molecule has 0 aliphatic carbocycles. The number of nitrogens with zero attached hydrogens (tertiary/aromatic N) is 1. The molecule has 2 atom stereocenters. The van der Waals surface area contributed by atoms with Gasteiger partial charge in [-0.3, -0.25) is 0 Å². The Hall–Kier alpha value is -0.210. The Morgan fingerprint density at radius 1 is 1.63 bits per heavy atom. The Balaban J connectivity index is 2.19. The van der Waals surface area contributed by atoms with Crippen LogP contribution in [0.15, 0.2) is 21.6 Å². The van der Waals surface area contributed by atoms with Gasteiger partial charge in [0.05, 0.1) is 6.61 Å². The molecule has 1 N–H and O–H groups in total. The molecule has 0 aromatic carbocycles. The number of hydrogen-bond acceptors (Lipinski definition) is 4. The van der Waals surface area contributed by atoms with Crippen molar-refractivity contribution < 1.29 is 13.2 Å². The number of pyridine rings is 1. The molecular formula is C11H14BrClN2O3S. The van der Waals surface area contributed by atoms with Gasteiger partial charge in [0.2, 0.25) is 10.0 Å². The summed E-state index contributed by atoms with van der Waals surface area (Å²) >= 11 is 9.04. The van der Waals surface area contributed by atoms with Crippen molar-refractivity contribution in [3.8, 4) is 0 Å². The van der Waals surface area contributed by atoms with E-state index in [0.29, 0.717) is 17.7 Å². The van der Waals surface area contributed by atoms with Crippen LogP contribution in [0.2, 0.25) is 5.15 Å². The standard InChI is InChI=1S/C11H14BrClN2O3S/c1-7(8-2-3-18-6-8)15-19(16,17)10-4-9(12)5-14-11(10)13/h4-5,7-8,15H,2-3,6H2,1H3. The summed E-state index contributed by atoms with van der Waals surface area (Å²) in [6, 6.07) is 1.23. The topological polar surface area (TPSA) is 68.3 Å². The molecule has 0 spiro atoms. The average molecular weight is 370 g/mol. The SMILES string of the molecule is CC(NS(=O)(=O)c1cc(Br)cnc1Cl)C1CCOC1. The highest BCUT2D eigenvalue weighted by atomic mass is 79.9. The maximum absolute atomic E-state index is 12.3. The van der Waals surface area contributed by atoms with Gasteiger partial charge in [0.15, 0.2) is 0 Å². The summed E-state index contributed by atoms with van der Waals surface area (Å²) in [6.45, 7) is 3.08. The number of sulfonamides is 1. The van der Waals surface area contributed by atoms with Crippen LogP contribution in [-0.2, 0) is 14.8 Å². The van der Waals surface area contributed by atoms with Crippen LogP contribution in [0.5, 0.6) is 0 Å². The van der Waals surface area contributed by atoms with Crippen molar-refractivity contribution in [3.63, 3.8) is 0 Å². The maximum atomic E-state index is 12.3. The minimum Gasteiger partial charge on any atom is -0.381 e. The van der Waals surface area contributed by atoms with Gasteiger partial charge in [-0.1, -0.05) is 11.6 Å². The zero-order chi connectivity index (χ0) is 14.0. The summed E-state index contributed by atoms with van der Waals surface area (Å²) in [5.74, 6) is 0.189. The Labute approximate surface area is 125 Å². The Bertz CT molecular complexity index is 561. The van der Waals surface area contributed by atoms with Gasteiger partial charge in [-0.2, -0.15) is 0 Å². The van der Waals surface area contributed by atoms with E-state index in [1.54, 1.807) is 0 Å². The number of rotatable bonds is 4. The average Bonchev–Trinajstić information content (AvgIpc) is 2.85. The van der Waals surface area contributed by atoms with Gasteiger partial charge in [-0.25, -0.2) is 18.1 Å². The van der Waals surface area contributed by atoms with E-state index in [2.05, 4.69) is 25.6 Å². The number of hydrogen-bond donors (Lipinski definition) is 1. The van der Waals surface area contributed by atoms with E-state index in [0.717, 1.165) is 6.42 Å². The number of ether oxygens (including phenoxy) is 1. The number of halogens is 2. The molecule has 5 nitrogen and oxygen atoms in total. The highest BCUT2D eigenvalue weighted by Crippen LogP contribution is 2.24. The van der Waals surface area contributed by atoms with Gasteiger partial charge in [-0.05, 0) is 35.3 Å². The molecule has 2 unspecified atom stereocenters. The third-order valence-electron chi connectivity index (χ3n) is 3.08. The van der Waals surface area contributed by atoms with Gasteiger partial charge in [0.1, 0.15) is 10.0 Å². The molecule has 0 radical (unpaired) electrons. The van der Waals surface area contributed by atoms with E-state index in [1.165, 1.54) is 12.3 Å². The number of nitrogens with one attached hydrogen (secondary N) is 1. The van der Waals surface area contributed by atoms with Crippen LogP contribution < -0.4 is 4.72 Å². The van der Waals surface area contributed by atoms with Crippen molar-refractivity contribution in [2.24, 2.45) is 5.92 Å². The van der Waals surface area contributed by atoms with E-state index in [1.807, 2.05) is 6.92 Å². The molecule has 0 amide bonds. The highest BCUT2D eigenvalue weighted by Gasteiger charge is 2.28. The Morgan fingerprint density at radius 3 is 3.00 bits per heavy atom. The molecule has 2 rings (SSSR count). The van der Waals surface area contributed by atoms with E-state index >= 15 is 0 Å². The van der Waals surface area contributed by atoms with E-state index < -0.39 is 10.0 Å². The summed E-state index contributed by atoms with van der Waals surface area (Å²) in [5.41, 5.74) is 0. The summed E-state index contributed by atoms with van der Waals surface area (Å²) < 4.78 is 33.0. The van der Waals surface area contributed by atoms with Crippen LogP contribution >= 0.6 is 27.5 Å². The van der Waals surface area contributed by atoms with E-state index in [-0.39, 0.29) is 22.0 Å². The van der Waals surface area contributed by atoms with Crippen molar-refractivity contribution in [1.82, 2.24) is 9.71 Å². The van der Waals surface area contributed by atoms with Crippen LogP contribution in [0.25, 0.3) is 0 Å². The maximum Gasteiger partial charge on any atom is 0.243 e. The molecule has 1 aromatic heterocycles. The van der Waals surface area contributed by atoms with Crippen molar-refractivity contribution in [2.75, 3.05) is 13.2 Å². The normalized spacial score (nSPS) is 21.5. The quantitative estimate of drug-likeness (QED) is 0.826. The molecule has 1 saturated heterocycles. The third kappa shape index (κ3) is 3.66. The minimum absolute atomic E-state index is 0.0192. The highest BCUT2D eigenvalue weighted by molar-refractivity contribution is 9.10. The fourth-order valence-electron chi connectivity index (χ4n) is 1.94. The molecule has 0 saturated carbocycles.